The predicted molar refractivity (Wildman–Crippen MR) is 79.7 cm³/mol. The number of hydrogen-bond donors (Lipinski definition) is 3. The minimum absolute atomic E-state index is 0.0718. The quantitative estimate of drug-likeness (QED) is 0.630. The smallest absolute Gasteiger partial charge is 0.326 e. The summed E-state index contributed by atoms with van der Waals surface area (Å²) in [5.41, 5.74) is -0.0718. The van der Waals surface area contributed by atoms with Gasteiger partial charge in [-0.3, -0.25) is 0 Å². The third-order valence-electron chi connectivity index (χ3n) is 2.78. The maximum absolute atomic E-state index is 11.8. The fourth-order valence-corrected chi connectivity index (χ4v) is 2.13. The summed E-state index contributed by atoms with van der Waals surface area (Å²) in [5, 5.41) is 14.3. The number of carbonyl (C=O) groups is 2. The van der Waals surface area contributed by atoms with Crippen molar-refractivity contribution in [2.45, 2.75) is 40.2 Å². The lowest BCUT2D eigenvalue weighted by Gasteiger charge is -2.28. The van der Waals surface area contributed by atoms with Crippen LogP contribution >= 0.6 is 0 Å². The molecule has 0 aliphatic carbocycles. The summed E-state index contributed by atoms with van der Waals surface area (Å²) >= 11 is 0. The third-order valence-corrected chi connectivity index (χ3v) is 2.78. The van der Waals surface area contributed by atoms with E-state index < -0.39 is 18.0 Å². The van der Waals surface area contributed by atoms with E-state index in [1.54, 1.807) is 0 Å². The fourth-order valence-electron chi connectivity index (χ4n) is 2.13. The van der Waals surface area contributed by atoms with Crippen molar-refractivity contribution in [1.82, 2.24) is 15.5 Å². The molecule has 0 radical (unpaired) electrons. The van der Waals surface area contributed by atoms with Gasteiger partial charge in [0.1, 0.15) is 6.04 Å². The number of carboxylic acids is 1. The van der Waals surface area contributed by atoms with Crippen LogP contribution in [-0.2, 0) is 4.79 Å². The Morgan fingerprint density at radius 2 is 1.80 bits per heavy atom. The van der Waals surface area contributed by atoms with Gasteiger partial charge in [0, 0.05) is 13.1 Å². The molecule has 6 heteroatoms. The highest BCUT2D eigenvalue weighted by Gasteiger charge is 2.23. The SMILES string of the molecule is CC(C)CC(NC(=O)NCC(C)(C)CN(C)C)C(=O)O. The number of amides is 2. The Labute approximate surface area is 121 Å². The molecule has 20 heavy (non-hydrogen) atoms. The highest BCUT2D eigenvalue weighted by atomic mass is 16.4. The second-order valence-electron chi connectivity index (χ2n) is 6.75. The van der Waals surface area contributed by atoms with E-state index >= 15 is 0 Å². The molecule has 0 aliphatic rings. The maximum Gasteiger partial charge on any atom is 0.326 e. The molecule has 2 amide bonds. The third kappa shape index (κ3) is 8.74. The van der Waals surface area contributed by atoms with Crippen LogP contribution in [0, 0.1) is 11.3 Å². The molecule has 0 aliphatic heterocycles. The molecule has 0 saturated carbocycles. The molecule has 6 nitrogen and oxygen atoms in total. The van der Waals surface area contributed by atoms with Crippen molar-refractivity contribution in [3.05, 3.63) is 0 Å². The molecule has 0 saturated heterocycles. The van der Waals surface area contributed by atoms with Crippen LogP contribution in [0.5, 0.6) is 0 Å². The summed E-state index contributed by atoms with van der Waals surface area (Å²) in [6.07, 6.45) is 0.420. The van der Waals surface area contributed by atoms with Crippen molar-refractivity contribution in [3.8, 4) is 0 Å². The number of carboxylic acid groups (broad SMARTS) is 1. The van der Waals surface area contributed by atoms with Gasteiger partial charge in [-0.05, 0) is 31.8 Å². The zero-order valence-corrected chi connectivity index (χ0v) is 13.5. The van der Waals surface area contributed by atoms with Gasteiger partial charge in [-0.25, -0.2) is 9.59 Å². The first-order valence-electron chi connectivity index (χ1n) is 6.95. The molecule has 118 valence electrons. The van der Waals surface area contributed by atoms with Gasteiger partial charge in [-0.15, -0.1) is 0 Å². The van der Waals surface area contributed by atoms with Gasteiger partial charge in [-0.2, -0.15) is 0 Å². The van der Waals surface area contributed by atoms with Gasteiger partial charge in [-0.1, -0.05) is 27.7 Å². The Balaban J connectivity index is 4.30. The molecular formula is C14H29N3O3. The number of nitrogens with one attached hydrogen (secondary N) is 2. The van der Waals surface area contributed by atoms with Crippen LogP contribution in [0.1, 0.15) is 34.1 Å². The zero-order chi connectivity index (χ0) is 15.9. The second kappa shape index (κ2) is 8.09. The number of rotatable bonds is 8. The van der Waals surface area contributed by atoms with Crippen LogP contribution in [0.25, 0.3) is 0 Å². The lowest BCUT2D eigenvalue weighted by molar-refractivity contribution is -0.139. The Morgan fingerprint density at radius 1 is 1.25 bits per heavy atom. The minimum atomic E-state index is -0.999. The Bertz CT molecular complexity index is 328. The van der Waals surface area contributed by atoms with E-state index in [2.05, 4.69) is 29.4 Å². The van der Waals surface area contributed by atoms with E-state index in [1.807, 2.05) is 27.9 Å². The summed E-state index contributed by atoms with van der Waals surface area (Å²) in [6, 6.07) is -1.27. The molecule has 1 atom stereocenters. The summed E-state index contributed by atoms with van der Waals surface area (Å²) in [6.45, 7) is 9.28. The average molecular weight is 287 g/mol. The molecule has 0 aromatic carbocycles. The molecule has 0 fully saturated rings. The van der Waals surface area contributed by atoms with Crippen molar-refractivity contribution in [2.75, 3.05) is 27.2 Å². The van der Waals surface area contributed by atoms with Gasteiger partial charge >= 0.3 is 12.0 Å². The summed E-state index contributed by atoms with van der Waals surface area (Å²) in [4.78, 5) is 24.9. The highest BCUT2D eigenvalue weighted by molar-refractivity contribution is 5.82. The highest BCUT2D eigenvalue weighted by Crippen LogP contribution is 2.14. The van der Waals surface area contributed by atoms with Crippen molar-refractivity contribution in [2.24, 2.45) is 11.3 Å². The first kappa shape index (κ1) is 18.7. The van der Waals surface area contributed by atoms with Crippen LogP contribution in [0.3, 0.4) is 0 Å². The minimum Gasteiger partial charge on any atom is -0.480 e. The van der Waals surface area contributed by atoms with Crippen molar-refractivity contribution in [1.29, 1.82) is 0 Å². The lowest BCUT2D eigenvalue weighted by Crippen LogP contribution is -2.49. The number of urea groups is 1. The van der Waals surface area contributed by atoms with Crippen LogP contribution < -0.4 is 10.6 Å². The number of carbonyl (C=O) groups excluding carboxylic acids is 1. The van der Waals surface area contributed by atoms with Gasteiger partial charge in [0.25, 0.3) is 0 Å². The standard InChI is InChI=1S/C14H29N3O3/c1-10(2)7-11(12(18)19)16-13(20)15-8-14(3,4)9-17(5)6/h10-11H,7-9H2,1-6H3,(H,18,19)(H2,15,16,20). The van der Waals surface area contributed by atoms with Crippen molar-refractivity contribution in [3.63, 3.8) is 0 Å². The molecule has 0 aromatic rings. The summed E-state index contributed by atoms with van der Waals surface area (Å²) < 4.78 is 0. The van der Waals surface area contributed by atoms with Crippen LogP contribution in [0.2, 0.25) is 0 Å². The van der Waals surface area contributed by atoms with Gasteiger partial charge in [0.05, 0.1) is 0 Å². The molecule has 0 bridgehead atoms. The molecule has 1 unspecified atom stereocenters. The van der Waals surface area contributed by atoms with Crippen LogP contribution in [0.4, 0.5) is 4.79 Å². The largest absolute Gasteiger partial charge is 0.480 e. The summed E-state index contributed by atoms with van der Waals surface area (Å²) in [7, 11) is 3.95. The maximum atomic E-state index is 11.8. The molecule has 0 aromatic heterocycles. The van der Waals surface area contributed by atoms with E-state index in [1.165, 1.54) is 0 Å². The average Bonchev–Trinajstić information content (AvgIpc) is 2.23. The number of nitrogens with zero attached hydrogens (tertiary/aromatic N) is 1. The van der Waals surface area contributed by atoms with Crippen LogP contribution in [0.15, 0.2) is 0 Å². The monoisotopic (exact) mass is 287 g/mol. The molecular weight excluding hydrogens is 258 g/mol. The van der Waals surface area contributed by atoms with E-state index in [0.29, 0.717) is 13.0 Å². The van der Waals surface area contributed by atoms with Gasteiger partial charge < -0.3 is 20.6 Å². The number of aliphatic carboxylic acids is 1. The van der Waals surface area contributed by atoms with Crippen molar-refractivity contribution < 1.29 is 14.7 Å². The Kier molecular flexibility index (Phi) is 7.57. The van der Waals surface area contributed by atoms with E-state index in [-0.39, 0.29) is 11.3 Å². The second-order valence-corrected chi connectivity index (χ2v) is 6.75. The first-order chi connectivity index (χ1) is 9.03. The topological polar surface area (TPSA) is 81.7 Å². The molecule has 0 heterocycles. The van der Waals surface area contributed by atoms with Crippen molar-refractivity contribution >= 4 is 12.0 Å². The van der Waals surface area contributed by atoms with Crippen LogP contribution in [-0.4, -0.2) is 55.2 Å². The first-order valence-corrected chi connectivity index (χ1v) is 6.95. The fraction of sp³-hybridized carbons (Fsp3) is 0.857. The Hall–Kier alpha value is -1.30. The lowest BCUT2D eigenvalue weighted by atomic mass is 9.93. The van der Waals surface area contributed by atoms with E-state index in [0.717, 1.165) is 6.54 Å². The van der Waals surface area contributed by atoms with E-state index in [4.69, 9.17) is 5.11 Å². The molecule has 3 N–H and O–H groups in total. The van der Waals surface area contributed by atoms with Gasteiger partial charge in [0.2, 0.25) is 0 Å². The number of hydrogen-bond acceptors (Lipinski definition) is 3. The predicted octanol–water partition coefficient (Wildman–Crippen LogP) is 1.37. The van der Waals surface area contributed by atoms with Gasteiger partial charge in [0.15, 0.2) is 0 Å². The molecule has 0 rings (SSSR count). The zero-order valence-electron chi connectivity index (χ0n) is 13.5. The Morgan fingerprint density at radius 3 is 2.20 bits per heavy atom. The normalized spacial score (nSPS) is 13.4. The summed E-state index contributed by atoms with van der Waals surface area (Å²) in [5.74, 6) is -0.789. The molecule has 0 spiro atoms. The van der Waals surface area contributed by atoms with E-state index in [9.17, 15) is 9.59 Å².